The zero-order chi connectivity index (χ0) is 24.6. The van der Waals surface area contributed by atoms with Gasteiger partial charge in [0.25, 0.3) is 0 Å². The lowest BCUT2D eigenvalue weighted by Gasteiger charge is -2.28. The molecule has 174 valence electrons. The first-order chi connectivity index (χ1) is 13.0. The maximum atomic E-state index is 13.5. The predicted octanol–water partition coefficient (Wildman–Crippen LogP) is 4.46. The summed E-state index contributed by atoms with van der Waals surface area (Å²) < 4.78 is 181. The molecule has 0 fully saturated rings. The van der Waals surface area contributed by atoms with E-state index in [-0.39, 0.29) is 8.80 Å². The smallest absolute Gasteiger partial charge is 0.280 e. The van der Waals surface area contributed by atoms with Gasteiger partial charge >= 0.3 is 19.8 Å². The van der Waals surface area contributed by atoms with E-state index < -0.39 is 69.9 Å². The topological polar surface area (TPSA) is 68.3 Å². The molecule has 0 unspecified atom stereocenters. The fourth-order valence-corrected chi connectivity index (χ4v) is 4.45. The fraction of sp³-hybridized carbons (Fsp3) is 0.417. The van der Waals surface area contributed by atoms with Gasteiger partial charge in [-0.3, -0.25) is 8.78 Å². The third kappa shape index (κ3) is 5.37. The molecule has 0 bridgehead atoms. The van der Waals surface area contributed by atoms with Gasteiger partial charge in [0.1, 0.15) is 11.6 Å². The van der Waals surface area contributed by atoms with Gasteiger partial charge in [0.05, 0.1) is 35.9 Å². The van der Waals surface area contributed by atoms with Gasteiger partial charge in [-0.05, 0) is 0 Å². The van der Waals surface area contributed by atoms with Gasteiger partial charge in [-0.2, -0.15) is 26.3 Å². The normalized spacial score (nSPS) is 12.9. The highest BCUT2D eigenvalue weighted by Crippen LogP contribution is 2.46. The zero-order valence-electron chi connectivity index (χ0n) is 14.6. The predicted molar refractivity (Wildman–Crippen MR) is 81.9 cm³/mol. The Kier molecular flexibility index (Phi) is 8.43. The minimum Gasteiger partial charge on any atom is -0.280 e. The highest BCUT2D eigenvalue weighted by atomic mass is 32.3. The van der Waals surface area contributed by atoms with Crippen LogP contribution in [-0.4, -0.2) is 36.6 Å². The van der Waals surface area contributed by atoms with Crippen molar-refractivity contribution in [1.82, 2.24) is 0 Å². The molecule has 1 rings (SSSR count). The Morgan fingerprint density at radius 2 is 0.800 bits per heavy atom. The lowest BCUT2D eigenvalue weighted by atomic mass is 10.2. The summed E-state index contributed by atoms with van der Waals surface area (Å²) in [5.74, 6) is -16.5. The molecule has 0 aliphatic rings. The van der Waals surface area contributed by atoms with Crippen LogP contribution in [0.3, 0.4) is 0 Å². The first-order valence-corrected chi connectivity index (χ1v) is 12.8. The molecular formula is C12H9F11O4S2Si. The molecule has 0 aliphatic carbocycles. The minimum absolute atomic E-state index is 0.120. The van der Waals surface area contributed by atoms with E-state index in [9.17, 15) is 65.1 Å². The Labute approximate surface area is 164 Å². The van der Waals surface area contributed by atoms with Crippen LogP contribution >= 0.6 is 0 Å². The quantitative estimate of drug-likeness (QED) is 0.195. The number of alkyl halides is 6. The lowest BCUT2D eigenvalue weighted by molar-refractivity contribution is -0.0452. The van der Waals surface area contributed by atoms with E-state index in [2.05, 4.69) is 19.6 Å². The molecule has 0 N–H and O–H groups in total. The van der Waals surface area contributed by atoms with Crippen molar-refractivity contribution in [3.8, 4) is 0 Å². The van der Waals surface area contributed by atoms with Crippen molar-refractivity contribution in [3.05, 3.63) is 39.2 Å². The second-order valence-corrected chi connectivity index (χ2v) is 12.6. The van der Waals surface area contributed by atoms with Crippen LogP contribution in [0.4, 0.5) is 48.3 Å². The zero-order valence-corrected chi connectivity index (χ0v) is 17.2. The van der Waals surface area contributed by atoms with Gasteiger partial charge in [0.15, 0.2) is 5.82 Å². The van der Waals surface area contributed by atoms with E-state index in [0.717, 1.165) is 0 Å². The maximum absolute atomic E-state index is 13.5. The van der Waals surface area contributed by atoms with E-state index in [0.29, 0.717) is 0 Å². The standard InChI is InChI=1S/C9F11O4S2.C3H9Si/c10-2-1(3(11)5(13)6(14)4(2)12)7(25(21,22)8(15,16)17)26(23,24)9(18,19)20;1-4(2)3/h;1-3H3/q-1;+1. The Morgan fingerprint density at radius 1 is 0.600 bits per heavy atom. The minimum atomic E-state index is -7.75. The second kappa shape index (κ2) is 8.89. The van der Waals surface area contributed by atoms with Gasteiger partial charge in [-0.25, -0.2) is 30.0 Å². The number of rotatable bonds is 3. The maximum Gasteiger partial charge on any atom is 0.491 e. The van der Waals surface area contributed by atoms with Crippen LogP contribution in [0.5, 0.6) is 0 Å². The van der Waals surface area contributed by atoms with E-state index in [1.807, 2.05) is 0 Å². The first-order valence-electron chi connectivity index (χ1n) is 6.81. The molecule has 0 saturated carbocycles. The Balaban J connectivity index is 0.00000192. The number of hydrogen-bond donors (Lipinski definition) is 0. The van der Waals surface area contributed by atoms with Crippen LogP contribution in [0.2, 0.25) is 19.6 Å². The molecule has 0 radical (unpaired) electrons. The summed E-state index contributed by atoms with van der Waals surface area (Å²) in [5.41, 5.74) is -17.2. The second-order valence-electron chi connectivity index (χ2n) is 5.63. The summed E-state index contributed by atoms with van der Waals surface area (Å²) in [4.78, 5) is 0. The highest BCUT2D eigenvalue weighted by Gasteiger charge is 2.61. The van der Waals surface area contributed by atoms with E-state index in [4.69, 9.17) is 0 Å². The number of halogens is 11. The van der Waals surface area contributed by atoms with E-state index >= 15 is 0 Å². The third-order valence-electron chi connectivity index (χ3n) is 2.51. The molecule has 0 atom stereocenters. The van der Waals surface area contributed by atoms with Crippen LogP contribution in [-0.2, 0) is 19.7 Å². The summed E-state index contributed by atoms with van der Waals surface area (Å²) in [6.07, 6.45) is 0. The first kappa shape index (κ1) is 28.4. The van der Waals surface area contributed by atoms with Crippen molar-refractivity contribution in [2.75, 3.05) is 0 Å². The molecule has 4 nitrogen and oxygen atoms in total. The van der Waals surface area contributed by atoms with Crippen LogP contribution < -0.4 is 0 Å². The molecule has 0 heterocycles. The van der Waals surface area contributed by atoms with E-state index in [1.54, 1.807) is 0 Å². The number of hydrogen-bond acceptors (Lipinski definition) is 4. The van der Waals surface area contributed by atoms with Gasteiger partial charge in [0, 0.05) is 0 Å². The Hall–Kier alpha value is -1.56. The summed E-state index contributed by atoms with van der Waals surface area (Å²) in [6, 6.07) is 0. The van der Waals surface area contributed by atoms with Crippen LogP contribution in [0.15, 0.2) is 0 Å². The van der Waals surface area contributed by atoms with Crippen molar-refractivity contribution < 1.29 is 65.1 Å². The molecule has 0 saturated heterocycles. The van der Waals surface area contributed by atoms with Crippen LogP contribution in [0.25, 0.3) is 0 Å². The van der Waals surface area contributed by atoms with Gasteiger partial charge < -0.3 is 0 Å². The largest absolute Gasteiger partial charge is 0.491 e. The van der Waals surface area contributed by atoms with E-state index in [1.165, 1.54) is 0 Å². The molecule has 0 spiro atoms. The molecule has 1 aromatic rings. The molecule has 18 heteroatoms. The fourth-order valence-electron chi connectivity index (χ4n) is 1.41. The van der Waals surface area contributed by atoms with Crippen molar-refractivity contribution in [1.29, 1.82) is 0 Å². The van der Waals surface area contributed by atoms with Crippen LogP contribution in [0, 0.1) is 33.7 Å². The lowest BCUT2D eigenvalue weighted by Crippen LogP contribution is -2.41. The number of sulfone groups is 2. The average Bonchev–Trinajstić information content (AvgIpc) is 2.52. The van der Waals surface area contributed by atoms with Gasteiger partial charge in [-0.1, -0.05) is 5.56 Å². The van der Waals surface area contributed by atoms with Crippen molar-refractivity contribution >= 4 is 28.5 Å². The van der Waals surface area contributed by atoms with Crippen LogP contribution in [0.1, 0.15) is 5.56 Å². The molecule has 30 heavy (non-hydrogen) atoms. The monoisotopic (exact) mass is 518 g/mol. The molecule has 1 aromatic carbocycles. The summed E-state index contributed by atoms with van der Waals surface area (Å²) in [5, 5.41) is 0. The SMILES string of the molecule is C[Si+](C)C.O=S(=O)([C-](c1c(F)c(F)c(F)c(F)c1F)S(=O)(=O)C(F)(F)F)C(F)(F)F. The van der Waals surface area contributed by atoms with Crippen molar-refractivity contribution in [2.45, 2.75) is 30.7 Å². The molecule has 0 aliphatic heterocycles. The third-order valence-corrected chi connectivity index (χ3v) is 6.43. The van der Waals surface area contributed by atoms with Gasteiger partial charge in [0.2, 0.25) is 19.7 Å². The highest BCUT2D eigenvalue weighted by molar-refractivity contribution is 8.13. The summed E-state index contributed by atoms with van der Waals surface area (Å²) in [6.45, 7) is 6.81. The Bertz CT molecular complexity index is 923. The summed E-state index contributed by atoms with van der Waals surface area (Å²) >= 11 is 0. The summed E-state index contributed by atoms with van der Waals surface area (Å²) in [7, 11) is -15.4. The molecule has 0 amide bonds. The average molecular weight is 518 g/mol. The van der Waals surface area contributed by atoms with Crippen molar-refractivity contribution in [3.63, 3.8) is 0 Å². The van der Waals surface area contributed by atoms with Crippen molar-refractivity contribution in [2.24, 2.45) is 0 Å². The molecular weight excluding hydrogens is 509 g/mol. The van der Waals surface area contributed by atoms with Gasteiger partial charge in [-0.15, -0.1) is 0 Å². The Morgan fingerprint density at radius 3 is 1.00 bits per heavy atom. The molecule has 0 aromatic heterocycles. The number of benzene rings is 1.